The van der Waals surface area contributed by atoms with E-state index in [0.29, 0.717) is 12.8 Å². The molecule has 0 saturated heterocycles. The zero-order valence-electron chi connectivity index (χ0n) is 11.7. The molecule has 0 aromatic heterocycles. The predicted octanol–water partition coefficient (Wildman–Crippen LogP) is 2.09. The minimum atomic E-state index is -0.983. The van der Waals surface area contributed by atoms with Crippen molar-refractivity contribution in [3.63, 3.8) is 0 Å². The fraction of sp³-hybridized carbons (Fsp3) is 0.533. The van der Waals surface area contributed by atoms with Crippen LogP contribution >= 0.6 is 0 Å². The highest BCUT2D eigenvalue weighted by Gasteiger charge is 2.37. The topological polar surface area (TPSA) is 40.5 Å². The third-order valence-electron chi connectivity index (χ3n) is 3.58. The number of nitrogens with zero attached hydrogens (tertiary/aromatic N) is 1. The van der Waals surface area contributed by atoms with Crippen LogP contribution in [0.4, 0.5) is 0 Å². The van der Waals surface area contributed by atoms with Gasteiger partial charge >= 0.3 is 0 Å². The molecule has 1 rings (SSSR count). The molecule has 1 amide bonds. The summed E-state index contributed by atoms with van der Waals surface area (Å²) < 4.78 is 0. The Kier molecular flexibility index (Phi) is 4.91. The minimum Gasteiger partial charge on any atom is -0.389 e. The molecule has 0 aliphatic heterocycles. The van der Waals surface area contributed by atoms with Crippen molar-refractivity contribution in [3.8, 4) is 0 Å². The minimum absolute atomic E-state index is 0.0321. The molecule has 0 saturated carbocycles. The summed E-state index contributed by atoms with van der Waals surface area (Å²) in [5.41, 5.74) is 0.0724. The van der Waals surface area contributed by atoms with E-state index in [1.54, 1.807) is 21.0 Å². The van der Waals surface area contributed by atoms with Crippen LogP contribution in [0.1, 0.15) is 25.8 Å². The number of hydrogen-bond acceptors (Lipinski definition) is 2. The van der Waals surface area contributed by atoms with E-state index in [0.717, 1.165) is 5.56 Å². The highest BCUT2D eigenvalue weighted by molar-refractivity contribution is 5.79. The smallest absolute Gasteiger partial charge is 0.227 e. The second kappa shape index (κ2) is 6.01. The van der Waals surface area contributed by atoms with E-state index < -0.39 is 11.5 Å². The van der Waals surface area contributed by atoms with Gasteiger partial charge in [0.2, 0.25) is 5.91 Å². The van der Waals surface area contributed by atoms with Crippen LogP contribution in [0.3, 0.4) is 0 Å². The summed E-state index contributed by atoms with van der Waals surface area (Å²) in [7, 11) is 3.44. The summed E-state index contributed by atoms with van der Waals surface area (Å²) in [6, 6.07) is 9.80. The van der Waals surface area contributed by atoms with E-state index in [-0.39, 0.29) is 5.91 Å². The maximum Gasteiger partial charge on any atom is 0.227 e. The fourth-order valence-electron chi connectivity index (χ4n) is 2.15. The highest BCUT2D eigenvalue weighted by atomic mass is 16.3. The lowest BCUT2D eigenvalue weighted by atomic mass is 9.80. The van der Waals surface area contributed by atoms with Gasteiger partial charge in [-0.2, -0.15) is 0 Å². The molecule has 100 valence electrons. The molecule has 0 aliphatic carbocycles. The van der Waals surface area contributed by atoms with Gasteiger partial charge in [0, 0.05) is 20.5 Å². The Morgan fingerprint density at radius 3 is 2.33 bits per heavy atom. The molecule has 1 aromatic rings. The number of hydrogen-bond donors (Lipinski definition) is 1. The predicted molar refractivity (Wildman–Crippen MR) is 73.2 cm³/mol. The van der Waals surface area contributed by atoms with Crippen molar-refractivity contribution >= 4 is 5.91 Å². The Bertz CT molecular complexity index is 389. The SMILES string of the molecule is CC[C@](O)(Cc1ccccc1)[C@H](C)C(=O)N(C)C. The highest BCUT2D eigenvalue weighted by Crippen LogP contribution is 2.27. The number of amides is 1. The molecule has 1 aromatic carbocycles. The van der Waals surface area contributed by atoms with E-state index in [1.165, 1.54) is 4.90 Å². The Morgan fingerprint density at radius 2 is 1.89 bits per heavy atom. The van der Waals surface area contributed by atoms with Crippen LogP contribution in [0.2, 0.25) is 0 Å². The first-order valence-corrected chi connectivity index (χ1v) is 6.38. The molecule has 1 N–H and O–H groups in total. The summed E-state index contributed by atoms with van der Waals surface area (Å²) in [5.74, 6) is -0.437. The summed E-state index contributed by atoms with van der Waals surface area (Å²) in [4.78, 5) is 13.5. The van der Waals surface area contributed by atoms with E-state index in [4.69, 9.17) is 0 Å². The van der Waals surface area contributed by atoms with Gasteiger partial charge in [0.05, 0.1) is 11.5 Å². The van der Waals surface area contributed by atoms with E-state index in [1.807, 2.05) is 37.3 Å². The average molecular weight is 249 g/mol. The molecular weight excluding hydrogens is 226 g/mol. The Labute approximate surface area is 109 Å². The lowest BCUT2D eigenvalue weighted by molar-refractivity contribution is -0.142. The number of rotatable bonds is 5. The molecule has 2 atom stereocenters. The fourth-order valence-corrected chi connectivity index (χ4v) is 2.15. The van der Waals surface area contributed by atoms with Gasteiger partial charge < -0.3 is 10.0 Å². The summed E-state index contributed by atoms with van der Waals surface area (Å²) in [6.07, 6.45) is 1.06. The summed E-state index contributed by atoms with van der Waals surface area (Å²) in [5, 5.41) is 10.7. The quantitative estimate of drug-likeness (QED) is 0.868. The molecule has 0 radical (unpaired) electrons. The Balaban J connectivity index is 2.88. The molecule has 0 heterocycles. The lowest BCUT2D eigenvalue weighted by Crippen LogP contribution is -2.46. The third-order valence-corrected chi connectivity index (χ3v) is 3.58. The van der Waals surface area contributed by atoms with Crippen molar-refractivity contribution in [3.05, 3.63) is 35.9 Å². The average Bonchev–Trinajstić information content (AvgIpc) is 2.37. The van der Waals surface area contributed by atoms with E-state index in [9.17, 15) is 9.90 Å². The van der Waals surface area contributed by atoms with Crippen molar-refractivity contribution in [2.75, 3.05) is 14.1 Å². The Morgan fingerprint density at radius 1 is 1.33 bits per heavy atom. The van der Waals surface area contributed by atoms with Crippen LogP contribution in [-0.4, -0.2) is 35.6 Å². The summed E-state index contributed by atoms with van der Waals surface area (Å²) in [6.45, 7) is 3.72. The van der Waals surface area contributed by atoms with Crippen LogP contribution in [0.5, 0.6) is 0 Å². The van der Waals surface area contributed by atoms with Gasteiger partial charge in [0.25, 0.3) is 0 Å². The van der Waals surface area contributed by atoms with Gasteiger partial charge in [-0.3, -0.25) is 4.79 Å². The van der Waals surface area contributed by atoms with Gasteiger partial charge in [-0.05, 0) is 12.0 Å². The maximum absolute atomic E-state index is 12.0. The van der Waals surface area contributed by atoms with Crippen molar-refractivity contribution in [2.45, 2.75) is 32.3 Å². The van der Waals surface area contributed by atoms with Gasteiger partial charge in [-0.25, -0.2) is 0 Å². The van der Waals surface area contributed by atoms with E-state index >= 15 is 0 Å². The monoisotopic (exact) mass is 249 g/mol. The Hall–Kier alpha value is -1.35. The van der Waals surface area contributed by atoms with Crippen molar-refractivity contribution in [1.82, 2.24) is 4.90 Å². The van der Waals surface area contributed by atoms with Gasteiger partial charge in [-0.1, -0.05) is 44.2 Å². The first kappa shape index (κ1) is 14.7. The molecule has 0 unspecified atom stereocenters. The normalized spacial score (nSPS) is 15.8. The van der Waals surface area contributed by atoms with Gasteiger partial charge in [0.1, 0.15) is 0 Å². The van der Waals surface area contributed by atoms with Crippen LogP contribution < -0.4 is 0 Å². The van der Waals surface area contributed by atoms with Crippen molar-refractivity contribution in [2.24, 2.45) is 5.92 Å². The lowest BCUT2D eigenvalue weighted by Gasteiger charge is -2.34. The van der Waals surface area contributed by atoms with Crippen LogP contribution in [-0.2, 0) is 11.2 Å². The first-order chi connectivity index (χ1) is 8.40. The summed E-state index contributed by atoms with van der Waals surface area (Å²) >= 11 is 0. The molecule has 3 nitrogen and oxygen atoms in total. The largest absolute Gasteiger partial charge is 0.389 e. The number of aliphatic hydroxyl groups is 1. The van der Waals surface area contributed by atoms with Crippen LogP contribution in [0.25, 0.3) is 0 Å². The molecule has 0 aliphatic rings. The standard InChI is InChI=1S/C15H23NO2/c1-5-15(18,12(2)14(17)16(3)4)11-13-9-7-6-8-10-13/h6-10,12,18H,5,11H2,1-4H3/t12-,15+/m1/s1. The second-order valence-corrected chi connectivity index (χ2v) is 5.07. The zero-order chi connectivity index (χ0) is 13.8. The molecule has 18 heavy (non-hydrogen) atoms. The maximum atomic E-state index is 12.0. The number of carbonyl (C=O) groups excluding carboxylic acids is 1. The van der Waals surface area contributed by atoms with Crippen LogP contribution in [0, 0.1) is 5.92 Å². The second-order valence-electron chi connectivity index (χ2n) is 5.07. The van der Waals surface area contributed by atoms with Gasteiger partial charge in [0.15, 0.2) is 0 Å². The third kappa shape index (κ3) is 3.33. The molecule has 3 heteroatoms. The van der Waals surface area contributed by atoms with Gasteiger partial charge in [-0.15, -0.1) is 0 Å². The van der Waals surface area contributed by atoms with Crippen molar-refractivity contribution < 1.29 is 9.90 Å². The van der Waals surface area contributed by atoms with Crippen molar-refractivity contribution in [1.29, 1.82) is 0 Å². The molecule has 0 spiro atoms. The molecule has 0 fully saturated rings. The van der Waals surface area contributed by atoms with Crippen LogP contribution in [0.15, 0.2) is 30.3 Å². The molecule has 0 bridgehead atoms. The molecular formula is C15H23NO2. The van der Waals surface area contributed by atoms with E-state index in [2.05, 4.69) is 0 Å². The number of carbonyl (C=O) groups is 1. The zero-order valence-corrected chi connectivity index (χ0v) is 11.7. The first-order valence-electron chi connectivity index (χ1n) is 6.38. The number of benzene rings is 1.